The normalized spacial score (nSPS) is 18.7. The maximum atomic E-state index is 11.0. The number of nitro benzene ring substituents is 1. The van der Waals surface area contributed by atoms with Crippen LogP contribution in [0.25, 0.3) is 0 Å². The van der Waals surface area contributed by atoms with Gasteiger partial charge in [-0.05, 0) is 38.9 Å². The van der Waals surface area contributed by atoms with Gasteiger partial charge in [0.2, 0.25) is 0 Å². The molecule has 1 aliphatic rings. The molecular weight excluding hydrogens is 270 g/mol. The average Bonchev–Trinajstić information content (AvgIpc) is 2.88. The highest BCUT2D eigenvalue weighted by molar-refractivity contribution is 5.58. The summed E-state index contributed by atoms with van der Waals surface area (Å²) in [5, 5.41) is 14.4. The summed E-state index contributed by atoms with van der Waals surface area (Å²) in [6.07, 6.45) is 3.24. The molecule has 1 heterocycles. The van der Waals surface area contributed by atoms with Crippen LogP contribution in [0.2, 0.25) is 0 Å². The van der Waals surface area contributed by atoms with Crippen LogP contribution in [0.1, 0.15) is 26.2 Å². The Balaban J connectivity index is 2.04. The lowest BCUT2D eigenvalue weighted by atomic mass is 10.2. The molecular formula is C15H23N3O3. The molecule has 21 heavy (non-hydrogen) atoms. The van der Waals surface area contributed by atoms with Crippen molar-refractivity contribution >= 4 is 11.4 Å². The van der Waals surface area contributed by atoms with Crippen LogP contribution in [0, 0.1) is 10.1 Å². The van der Waals surface area contributed by atoms with Crippen LogP contribution < -0.4 is 10.1 Å². The second kappa shape index (κ2) is 7.26. The lowest BCUT2D eigenvalue weighted by molar-refractivity contribution is -0.385. The van der Waals surface area contributed by atoms with E-state index in [9.17, 15) is 10.1 Å². The van der Waals surface area contributed by atoms with Crippen molar-refractivity contribution in [3.8, 4) is 5.75 Å². The van der Waals surface area contributed by atoms with Crippen LogP contribution >= 0.6 is 0 Å². The van der Waals surface area contributed by atoms with Gasteiger partial charge in [0.25, 0.3) is 0 Å². The summed E-state index contributed by atoms with van der Waals surface area (Å²) in [4.78, 5) is 12.9. The first-order valence-electron chi connectivity index (χ1n) is 7.47. The molecule has 1 N–H and O–H groups in total. The van der Waals surface area contributed by atoms with Gasteiger partial charge >= 0.3 is 5.69 Å². The third-order valence-electron chi connectivity index (χ3n) is 3.83. The largest absolute Gasteiger partial charge is 0.487 e. The third kappa shape index (κ3) is 4.07. The molecule has 1 aliphatic heterocycles. The minimum atomic E-state index is -0.403. The van der Waals surface area contributed by atoms with Crippen LogP contribution in [-0.2, 0) is 0 Å². The Kier molecular flexibility index (Phi) is 5.38. The maximum Gasteiger partial charge on any atom is 0.311 e. The number of ether oxygens (including phenoxy) is 1. The molecule has 1 aromatic carbocycles. The number of likely N-dealkylation sites (N-methyl/N-ethyl adjacent to an activating group) is 1. The van der Waals surface area contributed by atoms with Crippen LogP contribution in [0.3, 0.4) is 0 Å². The molecule has 0 aliphatic carbocycles. The number of likely N-dealkylation sites (tertiary alicyclic amines) is 1. The summed E-state index contributed by atoms with van der Waals surface area (Å²) in [6.45, 7) is 4.44. The van der Waals surface area contributed by atoms with Gasteiger partial charge in [0.15, 0.2) is 5.75 Å². The second-order valence-electron chi connectivity index (χ2n) is 5.45. The second-order valence-corrected chi connectivity index (χ2v) is 5.45. The summed E-state index contributed by atoms with van der Waals surface area (Å²) < 4.78 is 5.49. The highest BCUT2D eigenvalue weighted by Crippen LogP contribution is 2.30. The average molecular weight is 293 g/mol. The molecule has 1 fully saturated rings. The van der Waals surface area contributed by atoms with E-state index in [-0.39, 0.29) is 5.69 Å². The summed E-state index contributed by atoms with van der Waals surface area (Å²) >= 11 is 0. The van der Waals surface area contributed by atoms with Crippen molar-refractivity contribution in [1.29, 1.82) is 0 Å². The van der Waals surface area contributed by atoms with Crippen molar-refractivity contribution in [2.75, 3.05) is 32.1 Å². The predicted molar refractivity (Wildman–Crippen MR) is 83.0 cm³/mol. The van der Waals surface area contributed by atoms with E-state index < -0.39 is 4.92 Å². The Morgan fingerprint density at radius 2 is 2.33 bits per heavy atom. The lowest BCUT2D eigenvalue weighted by Gasteiger charge is -2.20. The van der Waals surface area contributed by atoms with E-state index in [4.69, 9.17) is 4.74 Å². The summed E-state index contributed by atoms with van der Waals surface area (Å²) in [5.74, 6) is 0.339. The van der Waals surface area contributed by atoms with Gasteiger partial charge in [0, 0.05) is 30.4 Å². The number of anilines is 1. The fraction of sp³-hybridized carbons (Fsp3) is 0.600. The highest BCUT2D eigenvalue weighted by atomic mass is 16.6. The van der Waals surface area contributed by atoms with Gasteiger partial charge in [-0.2, -0.15) is 0 Å². The number of nitrogens with zero attached hydrogens (tertiary/aromatic N) is 2. The van der Waals surface area contributed by atoms with Gasteiger partial charge in [0.1, 0.15) is 0 Å². The van der Waals surface area contributed by atoms with E-state index in [0.717, 1.165) is 25.2 Å². The first-order chi connectivity index (χ1) is 10.1. The number of nitrogens with one attached hydrogen (secondary N) is 1. The lowest BCUT2D eigenvalue weighted by Crippen LogP contribution is -2.31. The number of rotatable bonds is 7. The minimum absolute atomic E-state index is 0.0204. The Hall–Kier alpha value is -1.82. The topological polar surface area (TPSA) is 67.6 Å². The summed E-state index contributed by atoms with van der Waals surface area (Å²) in [5.41, 5.74) is 0.888. The van der Waals surface area contributed by atoms with Gasteiger partial charge in [-0.3, -0.25) is 10.1 Å². The summed E-state index contributed by atoms with van der Waals surface area (Å²) in [6, 6.07) is 5.50. The summed E-state index contributed by atoms with van der Waals surface area (Å²) in [7, 11) is 2.13. The van der Waals surface area contributed by atoms with Crippen molar-refractivity contribution in [2.24, 2.45) is 0 Å². The molecule has 1 unspecified atom stereocenters. The number of hydrogen-bond acceptors (Lipinski definition) is 5. The molecule has 0 bridgehead atoms. The zero-order valence-electron chi connectivity index (χ0n) is 12.7. The molecule has 2 rings (SSSR count). The Labute approximate surface area is 125 Å². The molecule has 6 nitrogen and oxygen atoms in total. The smallest absolute Gasteiger partial charge is 0.311 e. The van der Waals surface area contributed by atoms with E-state index in [1.165, 1.54) is 18.9 Å². The van der Waals surface area contributed by atoms with Crippen molar-refractivity contribution in [3.63, 3.8) is 0 Å². The molecule has 6 heteroatoms. The number of hydrogen-bond donors (Lipinski definition) is 1. The van der Waals surface area contributed by atoms with E-state index in [1.807, 2.05) is 6.92 Å². The SMILES string of the molecule is CCCOc1cc(NCC2CCCN2C)ccc1[N+](=O)[O-]. The molecule has 1 aromatic rings. The Bertz CT molecular complexity index is 493. The van der Waals surface area contributed by atoms with E-state index >= 15 is 0 Å². The van der Waals surface area contributed by atoms with Gasteiger partial charge in [-0.15, -0.1) is 0 Å². The van der Waals surface area contributed by atoms with Gasteiger partial charge in [-0.25, -0.2) is 0 Å². The molecule has 0 amide bonds. The van der Waals surface area contributed by atoms with Crippen molar-refractivity contribution in [1.82, 2.24) is 4.90 Å². The molecule has 1 atom stereocenters. The van der Waals surface area contributed by atoms with E-state index in [1.54, 1.807) is 12.1 Å². The van der Waals surface area contributed by atoms with E-state index in [2.05, 4.69) is 17.3 Å². The molecule has 0 spiro atoms. The molecule has 116 valence electrons. The molecule has 0 radical (unpaired) electrons. The first-order valence-corrected chi connectivity index (χ1v) is 7.47. The molecule has 1 saturated heterocycles. The minimum Gasteiger partial charge on any atom is -0.487 e. The zero-order valence-corrected chi connectivity index (χ0v) is 12.7. The zero-order chi connectivity index (χ0) is 15.2. The number of benzene rings is 1. The van der Waals surface area contributed by atoms with Crippen LogP contribution in [0.15, 0.2) is 18.2 Å². The molecule has 0 saturated carbocycles. The van der Waals surface area contributed by atoms with Crippen LogP contribution in [0.4, 0.5) is 11.4 Å². The fourth-order valence-electron chi connectivity index (χ4n) is 2.58. The quantitative estimate of drug-likeness (QED) is 0.618. The number of nitro groups is 1. The van der Waals surface area contributed by atoms with Crippen molar-refractivity contribution in [2.45, 2.75) is 32.2 Å². The van der Waals surface area contributed by atoms with Gasteiger partial charge in [0.05, 0.1) is 11.5 Å². The monoisotopic (exact) mass is 293 g/mol. The third-order valence-corrected chi connectivity index (χ3v) is 3.83. The Morgan fingerprint density at radius 3 is 2.95 bits per heavy atom. The predicted octanol–water partition coefficient (Wildman–Crippen LogP) is 2.89. The highest BCUT2D eigenvalue weighted by Gasteiger charge is 2.21. The fourth-order valence-corrected chi connectivity index (χ4v) is 2.58. The van der Waals surface area contributed by atoms with E-state index in [0.29, 0.717) is 18.4 Å². The van der Waals surface area contributed by atoms with Crippen molar-refractivity contribution in [3.05, 3.63) is 28.3 Å². The van der Waals surface area contributed by atoms with Crippen LogP contribution in [-0.4, -0.2) is 42.6 Å². The standard InChI is InChI=1S/C15H23N3O3/c1-3-9-21-15-10-12(6-7-14(15)18(19)20)16-11-13-5-4-8-17(13)2/h6-7,10,13,16H,3-5,8-9,11H2,1-2H3. The Morgan fingerprint density at radius 1 is 1.52 bits per heavy atom. The van der Waals surface area contributed by atoms with Gasteiger partial charge in [-0.1, -0.05) is 6.92 Å². The molecule has 0 aromatic heterocycles. The maximum absolute atomic E-state index is 11.0. The van der Waals surface area contributed by atoms with Gasteiger partial charge < -0.3 is 15.0 Å². The first kappa shape index (κ1) is 15.6. The van der Waals surface area contributed by atoms with Crippen molar-refractivity contribution < 1.29 is 9.66 Å². The van der Waals surface area contributed by atoms with Crippen LogP contribution in [0.5, 0.6) is 5.75 Å².